The van der Waals surface area contributed by atoms with E-state index in [0.717, 1.165) is 5.46 Å². The first-order valence-electron chi connectivity index (χ1n) is 3.43. The Morgan fingerprint density at radius 1 is 1.17 bits per heavy atom. The topological polar surface area (TPSA) is 18.5 Å². The van der Waals surface area contributed by atoms with Crippen molar-refractivity contribution in [2.24, 2.45) is 0 Å². The van der Waals surface area contributed by atoms with Gasteiger partial charge in [0.25, 0.3) is 0 Å². The normalized spacial score (nSPS) is 17.8. The lowest BCUT2D eigenvalue weighted by Gasteiger charge is -2.04. The fraction of sp³-hybridized carbons (Fsp3) is 0.143. The largest absolute Gasteiger partial charge is 0.586 e. The summed E-state index contributed by atoms with van der Waals surface area (Å²) in [5.74, 6) is 0.186. The fourth-order valence-corrected chi connectivity index (χ4v) is 1.06. The first kappa shape index (κ1) is 7.40. The quantitative estimate of drug-likeness (QED) is 0.520. The summed E-state index contributed by atoms with van der Waals surface area (Å²) in [6.07, 6.45) is -3.50. The molecule has 12 heavy (non-hydrogen) atoms. The summed E-state index contributed by atoms with van der Waals surface area (Å²) in [7, 11) is 1.79. The van der Waals surface area contributed by atoms with Crippen LogP contribution in [-0.4, -0.2) is 14.1 Å². The molecule has 0 spiro atoms. The number of ether oxygens (including phenoxy) is 2. The zero-order valence-electron chi connectivity index (χ0n) is 6.30. The highest BCUT2D eigenvalue weighted by Crippen LogP contribution is 2.39. The average Bonchev–Trinajstić information content (AvgIpc) is 2.21. The Bertz CT molecular complexity index is 327. The summed E-state index contributed by atoms with van der Waals surface area (Å²) in [4.78, 5) is 0. The number of alkyl halides is 2. The standard InChI is InChI=1S/C7H5BF2O2/c8-4-1-2-5-6(3-4)12-7(9,10)11-5/h1-3H,8H2. The van der Waals surface area contributed by atoms with Crippen LogP contribution in [0.3, 0.4) is 0 Å². The number of hydrogen-bond donors (Lipinski definition) is 0. The fourth-order valence-electron chi connectivity index (χ4n) is 1.06. The molecule has 0 saturated carbocycles. The van der Waals surface area contributed by atoms with Crippen molar-refractivity contribution < 1.29 is 18.3 Å². The van der Waals surface area contributed by atoms with Crippen molar-refractivity contribution in [2.45, 2.75) is 6.29 Å². The molecule has 1 heterocycles. The van der Waals surface area contributed by atoms with E-state index >= 15 is 0 Å². The minimum Gasteiger partial charge on any atom is -0.395 e. The zero-order chi connectivity index (χ0) is 8.77. The van der Waals surface area contributed by atoms with E-state index in [-0.39, 0.29) is 11.5 Å². The van der Waals surface area contributed by atoms with Crippen LogP contribution in [0, 0.1) is 0 Å². The molecular formula is C7H5BF2O2. The first-order valence-corrected chi connectivity index (χ1v) is 3.43. The summed E-state index contributed by atoms with van der Waals surface area (Å²) < 4.78 is 33.3. The maximum absolute atomic E-state index is 12.4. The van der Waals surface area contributed by atoms with Gasteiger partial charge in [-0.2, -0.15) is 0 Å². The maximum Gasteiger partial charge on any atom is 0.586 e. The molecule has 0 aromatic heterocycles. The third-order valence-electron chi connectivity index (χ3n) is 1.56. The molecule has 1 aromatic carbocycles. The van der Waals surface area contributed by atoms with E-state index in [9.17, 15) is 8.78 Å². The predicted octanol–water partition coefficient (Wildman–Crippen LogP) is 0.267. The molecule has 62 valence electrons. The van der Waals surface area contributed by atoms with Gasteiger partial charge in [-0.1, -0.05) is 11.5 Å². The van der Waals surface area contributed by atoms with E-state index in [0.29, 0.717) is 0 Å². The van der Waals surface area contributed by atoms with E-state index in [1.807, 2.05) is 0 Å². The summed E-state index contributed by atoms with van der Waals surface area (Å²) in [5, 5.41) is 0. The minimum absolute atomic E-state index is 0.0885. The second kappa shape index (κ2) is 2.12. The number of benzene rings is 1. The first-order chi connectivity index (χ1) is 5.57. The van der Waals surface area contributed by atoms with Gasteiger partial charge in [-0.3, -0.25) is 0 Å². The summed E-state index contributed by atoms with van der Waals surface area (Å²) >= 11 is 0. The van der Waals surface area contributed by atoms with Gasteiger partial charge in [-0.15, -0.1) is 8.78 Å². The predicted molar refractivity (Wildman–Crippen MR) is 40.8 cm³/mol. The summed E-state index contributed by atoms with van der Waals surface area (Å²) in [6.45, 7) is 0. The van der Waals surface area contributed by atoms with Crippen molar-refractivity contribution in [1.29, 1.82) is 0 Å². The number of rotatable bonds is 0. The van der Waals surface area contributed by atoms with Gasteiger partial charge < -0.3 is 9.47 Å². The number of fused-ring (bicyclic) bond motifs is 1. The molecule has 0 fully saturated rings. The highest BCUT2D eigenvalue weighted by Gasteiger charge is 2.43. The lowest BCUT2D eigenvalue weighted by atomic mass is 9.96. The lowest BCUT2D eigenvalue weighted by Crippen LogP contribution is -2.26. The molecule has 2 rings (SSSR count). The van der Waals surface area contributed by atoms with Crippen molar-refractivity contribution in [3.8, 4) is 11.5 Å². The Morgan fingerprint density at radius 3 is 2.58 bits per heavy atom. The van der Waals surface area contributed by atoms with Crippen LogP contribution in [0.4, 0.5) is 8.78 Å². The Balaban J connectivity index is 2.43. The van der Waals surface area contributed by atoms with E-state index in [2.05, 4.69) is 9.47 Å². The number of halogens is 2. The zero-order valence-corrected chi connectivity index (χ0v) is 6.30. The number of hydrogen-bond acceptors (Lipinski definition) is 2. The molecule has 0 unspecified atom stereocenters. The van der Waals surface area contributed by atoms with Crippen molar-refractivity contribution >= 4 is 13.3 Å². The van der Waals surface area contributed by atoms with E-state index in [1.165, 1.54) is 12.1 Å². The van der Waals surface area contributed by atoms with Gasteiger partial charge in [0.05, 0.1) is 0 Å². The van der Waals surface area contributed by atoms with Gasteiger partial charge in [-0.25, -0.2) is 0 Å². The van der Waals surface area contributed by atoms with Crippen LogP contribution < -0.4 is 14.9 Å². The monoisotopic (exact) mass is 170 g/mol. The molecule has 0 aliphatic carbocycles. The molecule has 0 radical (unpaired) electrons. The van der Waals surface area contributed by atoms with Gasteiger partial charge in [-0.05, 0) is 12.1 Å². The maximum atomic E-state index is 12.4. The Labute approximate surface area is 68.5 Å². The molecule has 1 aromatic rings. The third kappa shape index (κ3) is 1.11. The van der Waals surface area contributed by atoms with Gasteiger partial charge in [0.15, 0.2) is 11.5 Å². The summed E-state index contributed by atoms with van der Waals surface area (Å²) in [5.41, 5.74) is 0.857. The second-order valence-corrected chi connectivity index (χ2v) is 2.62. The van der Waals surface area contributed by atoms with Gasteiger partial charge in [0, 0.05) is 0 Å². The van der Waals surface area contributed by atoms with Crippen molar-refractivity contribution in [1.82, 2.24) is 0 Å². The second-order valence-electron chi connectivity index (χ2n) is 2.62. The van der Waals surface area contributed by atoms with Gasteiger partial charge in [0.2, 0.25) is 0 Å². The average molecular weight is 170 g/mol. The van der Waals surface area contributed by atoms with Crippen LogP contribution in [-0.2, 0) is 0 Å². The Kier molecular flexibility index (Phi) is 1.31. The highest BCUT2D eigenvalue weighted by molar-refractivity contribution is 6.32. The SMILES string of the molecule is Bc1ccc2c(c1)OC(F)(F)O2. The Hall–Kier alpha value is -1.26. The molecule has 0 amide bonds. The molecule has 0 atom stereocenters. The van der Waals surface area contributed by atoms with Crippen LogP contribution >= 0.6 is 0 Å². The van der Waals surface area contributed by atoms with E-state index < -0.39 is 6.29 Å². The van der Waals surface area contributed by atoms with E-state index in [1.54, 1.807) is 13.9 Å². The Morgan fingerprint density at radius 2 is 1.83 bits per heavy atom. The molecule has 2 nitrogen and oxygen atoms in total. The van der Waals surface area contributed by atoms with Crippen LogP contribution in [0.1, 0.15) is 0 Å². The van der Waals surface area contributed by atoms with Crippen LogP contribution in [0.25, 0.3) is 0 Å². The van der Waals surface area contributed by atoms with Crippen LogP contribution in [0.15, 0.2) is 18.2 Å². The molecule has 5 heteroatoms. The van der Waals surface area contributed by atoms with Crippen LogP contribution in [0.2, 0.25) is 0 Å². The van der Waals surface area contributed by atoms with Crippen LogP contribution in [0.5, 0.6) is 11.5 Å². The molecular weight excluding hydrogens is 165 g/mol. The molecule has 1 aliphatic rings. The third-order valence-corrected chi connectivity index (χ3v) is 1.56. The van der Waals surface area contributed by atoms with Crippen molar-refractivity contribution in [3.05, 3.63) is 18.2 Å². The van der Waals surface area contributed by atoms with Gasteiger partial charge >= 0.3 is 6.29 Å². The lowest BCUT2D eigenvalue weighted by molar-refractivity contribution is -0.286. The molecule has 0 N–H and O–H groups in total. The van der Waals surface area contributed by atoms with E-state index in [4.69, 9.17) is 0 Å². The summed E-state index contributed by atoms with van der Waals surface area (Å²) in [6, 6.07) is 4.66. The smallest absolute Gasteiger partial charge is 0.395 e. The highest BCUT2D eigenvalue weighted by atomic mass is 19.3. The molecule has 1 aliphatic heterocycles. The van der Waals surface area contributed by atoms with Gasteiger partial charge in [0.1, 0.15) is 7.85 Å². The molecule has 0 saturated heterocycles. The molecule has 0 bridgehead atoms. The van der Waals surface area contributed by atoms with Crippen molar-refractivity contribution in [2.75, 3.05) is 0 Å². The minimum atomic E-state index is -3.50. The van der Waals surface area contributed by atoms with Crippen molar-refractivity contribution in [3.63, 3.8) is 0 Å².